The van der Waals surface area contributed by atoms with Gasteiger partial charge in [-0.15, -0.1) is 0 Å². The Hall–Kier alpha value is -3.05. The van der Waals surface area contributed by atoms with Crippen LogP contribution in [-0.4, -0.2) is 24.1 Å². The standard InChI is InChI=1S/C17H12F8N2O2/c18-11-3-1-10(2-4-11)9-26-14(28)27-15(16(20,21)22,17(23,24)25)29-13-7-5-12(19)6-8-13/h1-8H,9H2,(H2,26,27,28). The zero-order valence-electron chi connectivity index (χ0n) is 14.2. The number of carbonyl (C=O) groups is 1. The summed E-state index contributed by atoms with van der Waals surface area (Å²) in [6, 6.07) is 4.72. The van der Waals surface area contributed by atoms with Crippen molar-refractivity contribution in [3.8, 4) is 5.75 Å². The largest absolute Gasteiger partial charge is 0.458 e. The molecule has 0 aliphatic carbocycles. The van der Waals surface area contributed by atoms with Gasteiger partial charge < -0.3 is 10.1 Å². The second kappa shape index (κ2) is 8.13. The third-order valence-corrected chi connectivity index (χ3v) is 3.54. The van der Waals surface area contributed by atoms with Gasteiger partial charge in [0.05, 0.1) is 0 Å². The molecule has 29 heavy (non-hydrogen) atoms. The second-order valence-corrected chi connectivity index (χ2v) is 5.67. The summed E-state index contributed by atoms with van der Waals surface area (Å²) >= 11 is 0. The van der Waals surface area contributed by atoms with Gasteiger partial charge in [0.15, 0.2) is 0 Å². The van der Waals surface area contributed by atoms with Crippen molar-refractivity contribution in [2.75, 3.05) is 0 Å². The summed E-state index contributed by atoms with van der Waals surface area (Å²) in [5, 5.41) is 2.57. The Kier molecular flexibility index (Phi) is 6.24. The Bertz CT molecular complexity index is 818. The topological polar surface area (TPSA) is 50.4 Å². The Labute approximate surface area is 158 Å². The molecule has 2 N–H and O–H groups in total. The van der Waals surface area contributed by atoms with Crippen LogP contribution in [-0.2, 0) is 6.54 Å². The quantitative estimate of drug-likeness (QED) is 0.538. The molecule has 0 aliphatic rings. The number of hydrogen-bond acceptors (Lipinski definition) is 2. The van der Waals surface area contributed by atoms with Gasteiger partial charge in [-0.05, 0) is 42.0 Å². The minimum Gasteiger partial charge on any atom is -0.451 e. The highest BCUT2D eigenvalue weighted by molar-refractivity contribution is 5.75. The molecule has 0 bridgehead atoms. The molecule has 0 fully saturated rings. The number of alkyl halides is 6. The van der Waals surface area contributed by atoms with E-state index in [-0.39, 0.29) is 5.56 Å². The minimum atomic E-state index is -6.13. The molecule has 0 unspecified atom stereocenters. The summed E-state index contributed by atoms with van der Waals surface area (Å²) in [5.74, 6) is -2.54. The molecule has 0 saturated heterocycles. The maximum Gasteiger partial charge on any atom is 0.458 e. The zero-order chi connectivity index (χ0) is 21.9. The van der Waals surface area contributed by atoms with Gasteiger partial charge in [-0.1, -0.05) is 12.1 Å². The molecule has 0 atom stereocenters. The third-order valence-electron chi connectivity index (χ3n) is 3.54. The fraction of sp³-hybridized carbons (Fsp3) is 0.235. The van der Waals surface area contributed by atoms with E-state index >= 15 is 0 Å². The van der Waals surface area contributed by atoms with Crippen LogP contribution in [0.5, 0.6) is 5.75 Å². The lowest BCUT2D eigenvalue weighted by Crippen LogP contribution is -2.72. The Morgan fingerprint density at radius 3 is 1.69 bits per heavy atom. The van der Waals surface area contributed by atoms with Gasteiger partial charge in [-0.2, -0.15) is 26.3 Å². The number of halogens is 8. The minimum absolute atomic E-state index is 0.214. The van der Waals surface area contributed by atoms with E-state index in [1.807, 2.05) is 0 Å². The monoisotopic (exact) mass is 428 g/mol. The lowest BCUT2D eigenvalue weighted by atomic mass is 10.2. The van der Waals surface area contributed by atoms with Gasteiger partial charge in [-0.3, -0.25) is 5.32 Å². The molecule has 0 spiro atoms. The number of benzene rings is 2. The summed E-state index contributed by atoms with van der Waals surface area (Å²) in [6.45, 7) is -0.492. The highest BCUT2D eigenvalue weighted by atomic mass is 19.4. The van der Waals surface area contributed by atoms with E-state index in [1.54, 1.807) is 5.32 Å². The van der Waals surface area contributed by atoms with Crippen molar-refractivity contribution < 1.29 is 44.7 Å². The van der Waals surface area contributed by atoms with Crippen LogP contribution in [0.4, 0.5) is 39.9 Å². The summed E-state index contributed by atoms with van der Waals surface area (Å²) in [5.41, 5.74) is -4.89. The SMILES string of the molecule is O=C(NCc1ccc(F)cc1)NC(Oc1ccc(F)cc1)(C(F)(F)F)C(F)(F)F. The fourth-order valence-electron chi connectivity index (χ4n) is 2.11. The molecular formula is C17H12F8N2O2. The number of ether oxygens (including phenoxy) is 1. The number of amides is 2. The molecule has 0 radical (unpaired) electrons. The van der Waals surface area contributed by atoms with Gasteiger partial charge in [0.25, 0.3) is 0 Å². The Morgan fingerprint density at radius 2 is 1.24 bits per heavy atom. The van der Waals surface area contributed by atoms with Crippen molar-refractivity contribution in [1.29, 1.82) is 0 Å². The third kappa shape index (κ3) is 5.27. The van der Waals surface area contributed by atoms with E-state index in [2.05, 4.69) is 4.74 Å². The van der Waals surface area contributed by atoms with Crippen LogP contribution < -0.4 is 15.4 Å². The van der Waals surface area contributed by atoms with Crippen molar-refractivity contribution in [3.63, 3.8) is 0 Å². The van der Waals surface area contributed by atoms with Crippen LogP contribution in [0, 0.1) is 11.6 Å². The fourth-order valence-corrected chi connectivity index (χ4v) is 2.11. The van der Waals surface area contributed by atoms with E-state index in [4.69, 9.17) is 0 Å². The van der Waals surface area contributed by atoms with E-state index < -0.39 is 48.0 Å². The first-order valence-electron chi connectivity index (χ1n) is 7.72. The molecule has 0 saturated carbocycles. The lowest BCUT2D eigenvalue weighted by molar-refractivity contribution is -0.364. The summed E-state index contributed by atoms with van der Waals surface area (Å²) in [6.07, 6.45) is -12.3. The van der Waals surface area contributed by atoms with Crippen molar-refractivity contribution in [2.24, 2.45) is 0 Å². The molecule has 4 nitrogen and oxygen atoms in total. The highest BCUT2D eigenvalue weighted by Crippen LogP contribution is 2.44. The van der Waals surface area contributed by atoms with Crippen LogP contribution in [0.15, 0.2) is 48.5 Å². The van der Waals surface area contributed by atoms with Gasteiger partial charge >= 0.3 is 24.1 Å². The van der Waals surface area contributed by atoms with Crippen molar-refractivity contribution in [1.82, 2.24) is 10.6 Å². The molecule has 2 amide bonds. The van der Waals surface area contributed by atoms with Gasteiger partial charge in [0.2, 0.25) is 0 Å². The smallest absolute Gasteiger partial charge is 0.451 e. The van der Waals surface area contributed by atoms with Crippen LogP contribution in [0.3, 0.4) is 0 Å². The van der Waals surface area contributed by atoms with Crippen LogP contribution >= 0.6 is 0 Å². The van der Waals surface area contributed by atoms with Crippen molar-refractivity contribution in [3.05, 3.63) is 65.7 Å². The van der Waals surface area contributed by atoms with Crippen molar-refractivity contribution in [2.45, 2.75) is 24.6 Å². The van der Waals surface area contributed by atoms with Crippen LogP contribution in [0.1, 0.15) is 5.56 Å². The van der Waals surface area contributed by atoms with E-state index in [0.717, 1.165) is 17.4 Å². The number of urea groups is 1. The predicted molar refractivity (Wildman–Crippen MR) is 83.6 cm³/mol. The molecule has 0 aliphatic heterocycles. The molecule has 158 valence electrons. The Morgan fingerprint density at radius 1 is 0.793 bits per heavy atom. The van der Waals surface area contributed by atoms with Crippen LogP contribution in [0.2, 0.25) is 0 Å². The van der Waals surface area contributed by atoms with E-state index in [0.29, 0.717) is 24.3 Å². The Balaban J connectivity index is 2.27. The van der Waals surface area contributed by atoms with Gasteiger partial charge in [0, 0.05) is 6.54 Å². The zero-order valence-corrected chi connectivity index (χ0v) is 14.2. The molecule has 12 heteroatoms. The molecule has 2 rings (SSSR count). The first kappa shape index (κ1) is 22.2. The number of nitrogens with one attached hydrogen (secondary N) is 2. The summed E-state index contributed by atoms with van der Waals surface area (Å²) < 4.78 is 110. The van der Waals surface area contributed by atoms with Gasteiger partial charge in [-0.25, -0.2) is 13.6 Å². The summed E-state index contributed by atoms with van der Waals surface area (Å²) in [7, 11) is 0. The average molecular weight is 428 g/mol. The molecule has 2 aromatic carbocycles. The normalized spacial score (nSPS) is 12.4. The maximum absolute atomic E-state index is 13.4. The lowest BCUT2D eigenvalue weighted by Gasteiger charge is -2.37. The molecular weight excluding hydrogens is 416 g/mol. The molecule has 2 aromatic rings. The average Bonchev–Trinajstić information content (AvgIpc) is 2.60. The maximum atomic E-state index is 13.4. The first-order chi connectivity index (χ1) is 13.3. The summed E-state index contributed by atoms with van der Waals surface area (Å²) in [4.78, 5) is 11.8. The van der Waals surface area contributed by atoms with Crippen LogP contribution in [0.25, 0.3) is 0 Å². The molecule has 0 heterocycles. The van der Waals surface area contributed by atoms with E-state index in [9.17, 15) is 39.9 Å². The van der Waals surface area contributed by atoms with Crippen molar-refractivity contribution >= 4 is 6.03 Å². The molecule has 0 aromatic heterocycles. The highest BCUT2D eigenvalue weighted by Gasteiger charge is 2.75. The first-order valence-corrected chi connectivity index (χ1v) is 7.72. The number of rotatable bonds is 5. The van der Waals surface area contributed by atoms with Gasteiger partial charge in [0.1, 0.15) is 17.4 Å². The predicted octanol–water partition coefficient (Wildman–Crippen LogP) is 4.66. The number of carbonyl (C=O) groups excluding carboxylic acids is 1. The van der Waals surface area contributed by atoms with E-state index in [1.165, 1.54) is 12.1 Å². The second-order valence-electron chi connectivity index (χ2n) is 5.67. The number of hydrogen-bond donors (Lipinski definition) is 2.